The molecule has 1 amide bonds. The van der Waals surface area contributed by atoms with Gasteiger partial charge in [0, 0.05) is 33.0 Å². The summed E-state index contributed by atoms with van der Waals surface area (Å²) in [5.74, 6) is -0.229. The molecular weight excluding hydrogens is 534 g/mol. The van der Waals surface area contributed by atoms with Gasteiger partial charge in [0.25, 0.3) is 0 Å². The summed E-state index contributed by atoms with van der Waals surface area (Å²) in [6, 6.07) is -1.49. The minimum Gasteiger partial charge on any atom is -0.388 e. The van der Waals surface area contributed by atoms with Crippen molar-refractivity contribution in [1.82, 2.24) is 10.2 Å². The average molecular weight is 592 g/mol. The number of likely N-dealkylation sites (N-methyl/N-ethyl adjacent to an activating group) is 2. The number of carbonyl (C=O) groups excluding carboxylic acids is 1. The van der Waals surface area contributed by atoms with Crippen LogP contribution in [-0.4, -0.2) is 105 Å². The van der Waals surface area contributed by atoms with E-state index in [0.717, 1.165) is 38.5 Å². The van der Waals surface area contributed by atoms with Crippen molar-refractivity contribution in [2.45, 2.75) is 121 Å². The van der Waals surface area contributed by atoms with Crippen LogP contribution in [0.5, 0.6) is 0 Å². The molecular formula is C32H57N5O5. The summed E-state index contributed by atoms with van der Waals surface area (Å²) in [4.78, 5) is 18.9. The monoisotopic (exact) mass is 591 g/mol. The van der Waals surface area contributed by atoms with Crippen LogP contribution in [0, 0.1) is 0 Å². The van der Waals surface area contributed by atoms with Crippen LogP contribution >= 0.6 is 0 Å². The van der Waals surface area contributed by atoms with Crippen molar-refractivity contribution in [3.8, 4) is 0 Å². The molecule has 1 heterocycles. The highest BCUT2D eigenvalue weighted by Crippen LogP contribution is 2.30. The second-order valence-electron chi connectivity index (χ2n) is 12.1. The standard InChI is InChI=1S/C32H57N5O5/c1-21(2)10-8-11-22(3)12-9-13-23(4)16-17-36-20-28(38)37(6)29-27(40-7)18-26(34)31(30(29)39)42-32-25(33)15-14-24(41-32)19-35-5/h10,12,16-17,24-27,29-32,35,39H,8-9,11,13-15,18-20,33-34H2,1-7H3/b22-12+,23-16+,36-17+/t24?,25-,26?,27+,29?,30+,31+,32-/m1/s1. The van der Waals surface area contributed by atoms with E-state index in [1.54, 1.807) is 20.4 Å². The first-order valence-corrected chi connectivity index (χ1v) is 15.4. The molecule has 42 heavy (non-hydrogen) atoms. The van der Waals surface area contributed by atoms with Crippen LogP contribution in [0.4, 0.5) is 0 Å². The molecule has 0 aromatic carbocycles. The summed E-state index contributed by atoms with van der Waals surface area (Å²) in [5, 5.41) is 14.5. The molecule has 0 radical (unpaired) electrons. The summed E-state index contributed by atoms with van der Waals surface area (Å²) >= 11 is 0. The van der Waals surface area contributed by atoms with Crippen molar-refractivity contribution in [1.29, 1.82) is 0 Å². The lowest BCUT2D eigenvalue weighted by Crippen LogP contribution is -2.66. The highest BCUT2D eigenvalue weighted by molar-refractivity contribution is 5.81. The molecule has 3 unspecified atom stereocenters. The second kappa shape index (κ2) is 18.7. The first-order chi connectivity index (χ1) is 20.0. The number of nitrogens with one attached hydrogen (secondary N) is 1. The van der Waals surface area contributed by atoms with Crippen LogP contribution in [0.3, 0.4) is 0 Å². The zero-order chi connectivity index (χ0) is 31.2. The molecule has 2 fully saturated rings. The van der Waals surface area contributed by atoms with Gasteiger partial charge in [0.2, 0.25) is 5.91 Å². The Hall–Kier alpha value is -1.92. The summed E-state index contributed by atoms with van der Waals surface area (Å²) in [5.41, 5.74) is 16.7. The van der Waals surface area contributed by atoms with Gasteiger partial charge in [0.1, 0.15) is 18.8 Å². The van der Waals surface area contributed by atoms with Crippen molar-refractivity contribution in [3.63, 3.8) is 0 Å². The summed E-state index contributed by atoms with van der Waals surface area (Å²) in [6.45, 7) is 9.15. The van der Waals surface area contributed by atoms with Gasteiger partial charge < -0.3 is 41.0 Å². The van der Waals surface area contributed by atoms with Crippen LogP contribution in [0.25, 0.3) is 0 Å². The highest BCUT2D eigenvalue weighted by Gasteiger charge is 2.48. The quantitative estimate of drug-likeness (QED) is 0.168. The van der Waals surface area contributed by atoms with Crippen molar-refractivity contribution >= 4 is 12.1 Å². The van der Waals surface area contributed by atoms with Gasteiger partial charge in [-0.2, -0.15) is 0 Å². The van der Waals surface area contributed by atoms with Gasteiger partial charge in [-0.25, -0.2) is 0 Å². The first-order valence-electron chi connectivity index (χ1n) is 15.4. The molecule has 1 saturated carbocycles. The maximum absolute atomic E-state index is 13.1. The number of aliphatic hydroxyl groups is 1. The van der Waals surface area contributed by atoms with E-state index < -0.39 is 36.7 Å². The van der Waals surface area contributed by atoms with E-state index in [1.165, 1.54) is 21.6 Å². The number of allylic oxidation sites excluding steroid dienone is 6. The fourth-order valence-corrected chi connectivity index (χ4v) is 5.55. The minimum atomic E-state index is -1.09. The second-order valence-corrected chi connectivity index (χ2v) is 12.1. The van der Waals surface area contributed by atoms with Crippen LogP contribution < -0.4 is 16.8 Å². The number of hydrogen-bond acceptors (Lipinski definition) is 9. The van der Waals surface area contributed by atoms with E-state index in [2.05, 4.69) is 50.2 Å². The Labute approximate surface area is 253 Å². The van der Waals surface area contributed by atoms with E-state index in [0.29, 0.717) is 13.0 Å². The number of rotatable bonds is 15. The van der Waals surface area contributed by atoms with Gasteiger partial charge in [0.15, 0.2) is 6.29 Å². The number of aliphatic imine (C=N–C) groups is 1. The molecule has 0 spiro atoms. The number of carbonyl (C=O) groups is 1. The number of ether oxygens (including phenoxy) is 3. The third kappa shape index (κ3) is 11.6. The highest BCUT2D eigenvalue weighted by atomic mass is 16.7. The molecule has 1 aliphatic carbocycles. The number of hydrogen-bond donors (Lipinski definition) is 4. The molecule has 10 heteroatoms. The Morgan fingerprint density at radius 3 is 2.45 bits per heavy atom. The lowest BCUT2D eigenvalue weighted by Gasteiger charge is -2.48. The topological polar surface area (TPSA) is 145 Å². The fourth-order valence-electron chi connectivity index (χ4n) is 5.55. The summed E-state index contributed by atoms with van der Waals surface area (Å²) in [7, 11) is 5.09. The Bertz CT molecular complexity index is 948. The maximum Gasteiger partial charge on any atom is 0.244 e. The predicted molar refractivity (Wildman–Crippen MR) is 169 cm³/mol. The number of aliphatic hydroxyl groups excluding tert-OH is 1. The van der Waals surface area contributed by atoms with Crippen LogP contribution in [0.1, 0.15) is 72.6 Å². The predicted octanol–water partition coefficient (Wildman–Crippen LogP) is 2.85. The molecule has 1 saturated heterocycles. The Balaban J connectivity index is 1.94. The van der Waals surface area contributed by atoms with Gasteiger partial charge in [0.05, 0.1) is 24.3 Å². The molecule has 240 valence electrons. The molecule has 10 nitrogen and oxygen atoms in total. The van der Waals surface area contributed by atoms with Gasteiger partial charge in [-0.3, -0.25) is 9.79 Å². The third-order valence-electron chi connectivity index (χ3n) is 8.17. The first kappa shape index (κ1) is 36.3. The van der Waals surface area contributed by atoms with Crippen LogP contribution in [-0.2, 0) is 19.0 Å². The largest absolute Gasteiger partial charge is 0.388 e. The van der Waals surface area contributed by atoms with E-state index in [1.807, 2.05) is 13.1 Å². The number of nitrogens with zero attached hydrogens (tertiary/aromatic N) is 2. The lowest BCUT2D eigenvalue weighted by atomic mass is 9.83. The Morgan fingerprint density at radius 2 is 1.79 bits per heavy atom. The Morgan fingerprint density at radius 1 is 1.10 bits per heavy atom. The average Bonchev–Trinajstić information content (AvgIpc) is 2.94. The smallest absolute Gasteiger partial charge is 0.244 e. The molecule has 0 aromatic heterocycles. The van der Waals surface area contributed by atoms with E-state index in [4.69, 9.17) is 25.7 Å². The van der Waals surface area contributed by atoms with Crippen molar-refractivity contribution in [2.75, 3.05) is 34.3 Å². The van der Waals surface area contributed by atoms with Crippen molar-refractivity contribution in [2.24, 2.45) is 16.5 Å². The number of nitrogens with two attached hydrogens (primary N) is 2. The molecule has 8 atom stereocenters. The lowest BCUT2D eigenvalue weighted by molar-refractivity contribution is -0.254. The van der Waals surface area contributed by atoms with Crippen molar-refractivity contribution in [3.05, 3.63) is 34.9 Å². The maximum atomic E-state index is 13.1. The number of methoxy groups -OCH3 is 1. The molecule has 1 aliphatic heterocycles. The normalized spacial score (nSPS) is 30.9. The van der Waals surface area contributed by atoms with Gasteiger partial charge in [-0.1, -0.05) is 28.9 Å². The molecule has 2 aliphatic rings. The number of amides is 1. The molecule has 0 aromatic rings. The third-order valence-corrected chi connectivity index (χ3v) is 8.17. The molecule has 2 rings (SSSR count). The zero-order valence-corrected chi connectivity index (χ0v) is 26.9. The zero-order valence-electron chi connectivity index (χ0n) is 26.9. The van der Waals surface area contributed by atoms with Crippen molar-refractivity contribution < 1.29 is 24.1 Å². The van der Waals surface area contributed by atoms with Gasteiger partial charge in [-0.05, 0) is 85.8 Å². The SMILES string of the molecule is CNCC1CC[C@@H](N)[C@@H](O[C@H]2C(N)C[C@H](OC)C(N(C)C(=O)C/N=C/C=C(\C)CC/C=C(\C)CCC=C(C)C)[C@@H]2O)O1. The molecule has 0 bridgehead atoms. The fraction of sp³-hybridized carbons (Fsp3) is 0.750. The van der Waals surface area contributed by atoms with Crippen LogP contribution in [0.15, 0.2) is 39.9 Å². The van der Waals surface area contributed by atoms with E-state index in [9.17, 15) is 9.90 Å². The summed E-state index contributed by atoms with van der Waals surface area (Å²) < 4.78 is 17.9. The van der Waals surface area contributed by atoms with Crippen LogP contribution in [0.2, 0.25) is 0 Å². The molecule has 6 N–H and O–H groups in total. The minimum absolute atomic E-state index is 0.0303. The van der Waals surface area contributed by atoms with Gasteiger partial charge >= 0.3 is 0 Å². The van der Waals surface area contributed by atoms with E-state index in [-0.39, 0.29) is 24.6 Å². The van der Waals surface area contributed by atoms with E-state index >= 15 is 0 Å². The Kier molecular flexibility index (Phi) is 16.1. The van der Waals surface area contributed by atoms with Gasteiger partial charge in [-0.15, -0.1) is 0 Å². The summed E-state index contributed by atoms with van der Waals surface area (Å²) in [6.07, 6.45) is 11.3.